The SMILES string of the molecule is Oc1cccc(CC(O)c2ccsc2)c1. The van der Waals surface area contributed by atoms with Gasteiger partial charge in [-0.3, -0.25) is 0 Å². The molecule has 15 heavy (non-hydrogen) atoms. The predicted molar refractivity (Wildman–Crippen MR) is 61.1 cm³/mol. The Morgan fingerprint density at radius 2 is 2.13 bits per heavy atom. The summed E-state index contributed by atoms with van der Waals surface area (Å²) in [6.45, 7) is 0. The van der Waals surface area contributed by atoms with Crippen molar-refractivity contribution in [2.45, 2.75) is 12.5 Å². The highest BCUT2D eigenvalue weighted by Gasteiger charge is 2.08. The number of hydrogen-bond donors (Lipinski definition) is 2. The molecule has 2 rings (SSSR count). The van der Waals surface area contributed by atoms with E-state index in [9.17, 15) is 10.2 Å². The van der Waals surface area contributed by atoms with Crippen LogP contribution < -0.4 is 0 Å². The van der Waals surface area contributed by atoms with Crippen molar-refractivity contribution >= 4 is 11.3 Å². The largest absolute Gasteiger partial charge is 0.508 e. The van der Waals surface area contributed by atoms with Crippen molar-refractivity contribution in [2.24, 2.45) is 0 Å². The van der Waals surface area contributed by atoms with Gasteiger partial charge in [-0.2, -0.15) is 11.3 Å². The smallest absolute Gasteiger partial charge is 0.115 e. The van der Waals surface area contributed by atoms with E-state index in [0.717, 1.165) is 11.1 Å². The van der Waals surface area contributed by atoms with Gasteiger partial charge in [0.15, 0.2) is 0 Å². The normalized spacial score (nSPS) is 12.6. The number of thiophene rings is 1. The fraction of sp³-hybridized carbons (Fsp3) is 0.167. The third-order valence-electron chi connectivity index (χ3n) is 2.27. The minimum absolute atomic E-state index is 0.241. The second-order valence-electron chi connectivity index (χ2n) is 3.45. The average molecular weight is 220 g/mol. The van der Waals surface area contributed by atoms with Crippen molar-refractivity contribution in [3.8, 4) is 5.75 Å². The Balaban J connectivity index is 2.09. The summed E-state index contributed by atoms with van der Waals surface area (Å²) in [4.78, 5) is 0. The molecule has 2 nitrogen and oxygen atoms in total. The lowest BCUT2D eigenvalue weighted by atomic mass is 10.0. The molecule has 0 aliphatic carbocycles. The molecule has 1 heterocycles. The van der Waals surface area contributed by atoms with Crippen LogP contribution in [0.5, 0.6) is 5.75 Å². The summed E-state index contributed by atoms with van der Waals surface area (Å²) in [5, 5.41) is 23.0. The molecule has 78 valence electrons. The highest BCUT2D eigenvalue weighted by atomic mass is 32.1. The molecule has 1 aromatic carbocycles. The van der Waals surface area contributed by atoms with Gasteiger partial charge < -0.3 is 10.2 Å². The summed E-state index contributed by atoms with van der Waals surface area (Å²) in [6, 6.07) is 8.90. The molecule has 0 bridgehead atoms. The van der Waals surface area contributed by atoms with E-state index in [0.29, 0.717) is 6.42 Å². The first-order valence-electron chi connectivity index (χ1n) is 4.74. The van der Waals surface area contributed by atoms with Crippen LogP contribution in [0.25, 0.3) is 0 Å². The van der Waals surface area contributed by atoms with Gasteiger partial charge >= 0.3 is 0 Å². The molecule has 0 saturated carbocycles. The molecule has 0 amide bonds. The zero-order valence-corrected chi connectivity index (χ0v) is 8.95. The number of phenols is 1. The molecule has 2 aromatic rings. The number of aliphatic hydroxyl groups excluding tert-OH is 1. The van der Waals surface area contributed by atoms with Crippen molar-refractivity contribution in [2.75, 3.05) is 0 Å². The monoisotopic (exact) mass is 220 g/mol. The number of rotatable bonds is 3. The van der Waals surface area contributed by atoms with Crippen LogP contribution in [-0.4, -0.2) is 10.2 Å². The Kier molecular flexibility index (Phi) is 3.04. The minimum atomic E-state index is -0.488. The van der Waals surface area contributed by atoms with Crippen LogP contribution in [0.4, 0.5) is 0 Å². The van der Waals surface area contributed by atoms with Gasteiger partial charge in [0.2, 0.25) is 0 Å². The van der Waals surface area contributed by atoms with Crippen LogP contribution in [0.2, 0.25) is 0 Å². The van der Waals surface area contributed by atoms with Gasteiger partial charge in [-0.1, -0.05) is 12.1 Å². The van der Waals surface area contributed by atoms with Crippen molar-refractivity contribution in [3.63, 3.8) is 0 Å². The van der Waals surface area contributed by atoms with Crippen LogP contribution in [0.3, 0.4) is 0 Å². The molecule has 0 aliphatic heterocycles. The number of aliphatic hydroxyl groups is 1. The molecule has 1 atom stereocenters. The zero-order chi connectivity index (χ0) is 10.7. The van der Waals surface area contributed by atoms with E-state index in [1.807, 2.05) is 22.9 Å². The summed E-state index contributed by atoms with van der Waals surface area (Å²) in [6.07, 6.45) is 0.0450. The average Bonchev–Trinajstić information content (AvgIpc) is 2.70. The molecule has 0 radical (unpaired) electrons. The fourth-order valence-corrected chi connectivity index (χ4v) is 2.20. The van der Waals surface area contributed by atoms with E-state index < -0.39 is 6.10 Å². The van der Waals surface area contributed by atoms with Crippen molar-refractivity contribution < 1.29 is 10.2 Å². The van der Waals surface area contributed by atoms with Gasteiger partial charge in [0.1, 0.15) is 5.75 Å². The van der Waals surface area contributed by atoms with Crippen LogP contribution >= 0.6 is 11.3 Å². The maximum absolute atomic E-state index is 9.88. The molecule has 0 saturated heterocycles. The topological polar surface area (TPSA) is 40.5 Å². The molecule has 0 spiro atoms. The first-order chi connectivity index (χ1) is 7.25. The highest BCUT2D eigenvalue weighted by Crippen LogP contribution is 2.22. The van der Waals surface area contributed by atoms with Gasteiger partial charge in [0, 0.05) is 6.42 Å². The first kappa shape index (κ1) is 10.2. The standard InChI is InChI=1S/C12H12O2S/c13-11-3-1-2-9(6-11)7-12(14)10-4-5-15-8-10/h1-6,8,12-14H,7H2. The number of benzene rings is 1. The Hall–Kier alpha value is -1.32. The third-order valence-corrected chi connectivity index (χ3v) is 2.97. The highest BCUT2D eigenvalue weighted by molar-refractivity contribution is 7.07. The van der Waals surface area contributed by atoms with E-state index in [2.05, 4.69) is 0 Å². The fourth-order valence-electron chi connectivity index (χ4n) is 1.49. The molecule has 1 aromatic heterocycles. The van der Waals surface area contributed by atoms with Gasteiger partial charge in [-0.25, -0.2) is 0 Å². The third kappa shape index (κ3) is 2.58. The van der Waals surface area contributed by atoms with Gasteiger partial charge in [-0.15, -0.1) is 0 Å². The minimum Gasteiger partial charge on any atom is -0.508 e. The van der Waals surface area contributed by atoms with Gasteiger partial charge in [0.05, 0.1) is 6.10 Å². The number of aromatic hydroxyl groups is 1. The summed E-state index contributed by atoms with van der Waals surface area (Å²) >= 11 is 1.57. The van der Waals surface area contributed by atoms with Crippen LogP contribution in [0.1, 0.15) is 17.2 Å². The number of phenolic OH excluding ortho intramolecular Hbond substituents is 1. The predicted octanol–water partition coefficient (Wildman–Crippen LogP) is 2.73. The molecular weight excluding hydrogens is 208 g/mol. The van der Waals surface area contributed by atoms with Gasteiger partial charge in [-0.05, 0) is 40.1 Å². The van der Waals surface area contributed by atoms with Crippen LogP contribution in [-0.2, 0) is 6.42 Å². The summed E-state index contributed by atoms with van der Waals surface area (Å²) in [5.41, 5.74) is 1.87. The maximum atomic E-state index is 9.88. The maximum Gasteiger partial charge on any atom is 0.115 e. The Morgan fingerprint density at radius 1 is 1.27 bits per heavy atom. The molecule has 3 heteroatoms. The zero-order valence-electron chi connectivity index (χ0n) is 8.13. The van der Waals surface area contributed by atoms with E-state index in [1.54, 1.807) is 29.5 Å². The lowest BCUT2D eigenvalue weighted by Crippen LogP contribution is -1.99. The quantitative estimate of drug-likeness (QED) is 0.835. The Labute approximate surface area is 92.4 Å². The van der Waals surface area contributed by atoms with E-state index in [1.165, 1.54) is 0 Å². The van der Waals surface area contributed by atoms with Crippen LogP contribution in [0, 0.1) is 0 Å². The lowest BCUT2D eigenvalue weighted by Gasteiger charge is -2.08. The molecule has 2 N–H and O–H groups in total. The van der Waals surface area contributed by atoms with Gasteiger partial charge in [0.25, 0.3) is 0 Å². The second-order valence-corrected chi connectivity index (χ2v) is 4.23. The molecule has 0 aliphatic rings. The summed E-state index contributed by atoms with van der Waals surface area (Å²) in [5.74, 6) is 0.241. The lowest BCUT2D eigenvalue weighted by molar-refractivity contribution is 0.179. The molecule has 1 unspecified atom stereocenters. The molecular formula is C12H12O2S. The van der Waals surface area contributed by atoms with Crippen molar-refractivity contribution in [1.82, 2.24) is 0 Å². The Bertz CT molecular complexity index is 423. The summed E-state index contributed by atoms with van der Waals surface area (Å²) in [7, 11) is 0. The van der Waals surface area contributed by atoms with E-state index in [-0.39, 0.29) is 5.75 Å². The van der Waals surface area contributed by atoms with E-state index in [4.69, 9.17) is 0 Å². The van der Waals surface area contributed by atoms with Crippen molar-refractivity contribution in [3.05, 3.63) is 52.2 Å². The number of hydrogen-bond acceptors (Lipinski definition) is 3. The van der Waals surface area contributed by atoms with E-state index >= 15 is 0 Å². The molecule has 0 fully saturated rings. The second kappa shape index (κ2) is 4.47. The van der Waals surface area contributed by atoms with Crippen LogP contribution in [0.15, 0.2) is 41.1 Å². The van der Waals surface area contributed by atoms with Crippen molar-refractivity contribution in [1.29, 1.82) is 0 Å². The first-order valence-corrected chi connectivity index (χ1v) is 5.68. The summed E-state index contributed by atoms with van der Waals surface area (Å²) < 4.78 is 0. The Morgan fingerprint density at radius 3 is 2.80 bits per heavy atom.